The van der Waals surface area contributed by atoms with Crippen LogP contribution in [-0.2, 0) is 20.7 Å². The molecular weight excluding hydrogens is 143 g/mol. The minimum atomic E-state index is -1.82. The fourth-order valence-corrected chi connectivity index (χ4v) is 0.123. The smallest absolute Gasteiger partial charge is 0.475 e. The number of hydrogen-bond acceptors (Lipinski definition) is 3. The molecule has 0 fully saturated rings. The fraction of sp³-hybridized carbons (Fsp3) is 0.500. The zero-order chi connectivity index (χ0) is 5.86. The number of carboxylic acids is 1. The first-order valence-electron chi connectivity index (χ1n) is 1.38. The van der Waals surface area contributed by atoms with Crippen LogP contribution in [0.15, 0.2) is 0 Å². The molecule has 0 aromatic rings. The van der Waals surface area contributed by atoms with E-state index in [2.05, 4.69) is 0 Å². The van der Waals surface area contributed by atoms with Gasteiger partial charge in [0.05, 0.1) is 0 Å². The Kier molecular flexibility index (Phi) is 7.87. The first kappa shape index (κ1) is 11.3. The van der Waals surface area contributed by atoms with E-state index < -0.39 is 11.4 Å². The van der Waals surface area contributed by atoms with Gasteiger partial charge in [0.25, 0.3) is 0 Å². The summed E-state index contributed by atoms with van der Waals surface area (Å²) < 4.78 is 9.36. The van der Waals surface area contributed by atoms with E-state index in [1.165, 1.54) is 0 Å². The molecule has 2 N–H and O–H groups in total. The van der Waals surface area contributed by atoms with Crippen LogP contribution in [-0.4, -0.2) is 21.6 Å². The van der Waals surface area contributed by atoms with E-state index in [0.29, 0.717) is 0 Å². The van der Waals surface area contributed by atoms with Crippen LogP contribution in [0.2, 0.25) is 0 Å². The molecular formula is C2H3NaO4S+2. The van der Waals surface area contributed by atoms with Gasteiger partial charge in [-0.1, -0.05) is 0 Å². The molecule has 0 aliphatic carbocycles. The number of hydrogen-bond donors (Lipinski definition) is 2. The largest absolute Gasteiger partial charge is 1.00 e. The average Bonchev–Trinajstić information content (AvgIpc) is 1.65. The summed E-state index contributed by atoms with van der Waals surface area (Å²) in [5.74, 6) is -1.50. The van der Waals surface area contributed by atoms with Gasteiger partial charge in [-0.25, -0.2) is 4.79 Å². The molecule has 0 saturated heterocycles. The number of carboxylic acid groups (broad SMARTS) is 1. The van der Waals surface area contributed by atoms with Crippen LogP contribution in [0.4, 0.5) is 0 Å². The van der Waals surface area contributed by atoms with Gasteiger partial charge in [-0.05, 0) is 0 Å². The number of aliphatic carboxylic acids is 1. The number of rotatable bonds is 2. The Hall–Kier alpha value is 0.450. The van der Waals surface area contributed by atoms with Gasteiger partial charge in [0, 0.05) is 4.21 Å². The van der Waals surface area contributed by atoms with E-state index in [9.17, 15) is 9.00 Å². The van der Waals surface area contributed by atoms with Crippen molar-refractivity contribution < 1.29 is 48.8 Å². The summed E-state index contributed by atoms with van der Waals surface area (Å²) in [7, 11) is 0. The maximum Gasteiger partial charge on any atom is 1.00 e. The molecule has 8 heavy (non-hydrogen) atoms. The Balaban J connectivity index is 0. The molecule has 0 rings (SSSR count). The van der Waals surface area contributed by atoms with Gasteiger partial charge in [0.1, 0.15) is 0 Å². The van der Waals surface area contributed by atoms with Gasteiger partial charge in [-0.3, -0.25) is 0 Å². The summed E-state index contributed by atoms with van der Waals surface area (Å²) in [6.07, 6.45) is 0. The van der Waals surface area contributed by atoms with E-state index in [4.69, 9.17) is 10.2 Å². The molecule has 0 amide bonds. The SMILES string of the molecule is O=[S+]C(O)C(=O)O.[Na+]. The summed E-state index contributed by atoms with van der Waals surface area (Å²) in [4.78, 5) is 9.46. The molecule has 1 unspecified atom stereocenters. The molecule has 0 spiro atoms. The van der Waals surface area contributed by atoms with Crippen molar-refractivity contribution in [2.45, 2.75) is 5.44 Å². The molecule has 0 aromatic heterocycles. The predicted octanol–water partition coefficient (Wildman–Crippen LogP) is -4.18. The standard InChI is InChI=1S/C2H2O4S.Na/c3-1(4)2(5)7-6;/h2,5H;/q;+1/p+1. The second-order valence-corrected chi connectivity index (χ2v) is 1.43. The van der Waals surface area contributed by atoms with Crippen LogP contribution >= 0.6 is 0 Å². The predicted molar refractivity (Wildman–Crippen MR) is 21.7 cm³/mol. The van der Waals surface area contributed by atoms with Gasteiger partial charge >= 0.3 is 52.6 Å². The van der Waals surface area contributed by atoms with E-state index in [0.717, 1.165) is 0 Å². The third-order valence-electron chi connectivity index (χ3n) is 0.302. The maximum absolute atomic E-state index is 9.46. The summed E-state index contributed by atoms with van der Waals surface area (Å²) in [5, 5.41) is 15.7. The topological polar surface area (TPSA) is 74.6 Å². The Morgan fingerprint density at radius 3 is 2.00 bits per heavy atom. The summed E-state index contributed by atoms with van der Waals surface area (Å²) >= 11 is -0.361. The van der Waals surface area contributed by atoms with Gasteiger partial charge < -0.3 is 10.2 Å². The van der Waals surface area contributed by atoms with Crippen LogP contribution in [0.1, 0.15) is 0 Å². The Morgan fingerprint density at radius 2 is 2.00 bits per heavy atom. The molecule has 0 aromatic carbocycles. The van der Waals surface area contributed by atoms with Crippen LogP contribution in [0.25, 0.3) is 0 Å². The monoisotopic (exact) mass is 146 g/mol. The average molecular weight is 146 g/mol. The number of aliphatic hydroxyl groups is 1. The van der Waals surface area contributed by atoms with E-state index in [1.54, 1.807) is 0 Å². The molecule has 0 bridgehead atoms. The van der Waals surface area contributed by atoms with Crippen LogP contribution in [0.3, 0.4) is 0 Å². The van der Waals surface area contributed by atoms with Gasteiger partial charge in [0.15, 0.2) is 0 Å². The fourth-order valence-electron chi connectivity index (χ4n) is 0.0412. The molecule has 0 saturated carbocycles. The molecule has 4 nitrogen and oxygen atoms in total. The van der Waals surface area contributed by atoms with Gasteiger partial charge in [-0.15, -0.1) is 0 Å². The Morgan fingerprint density at radius 1 is 1.62 bits per heavy atom. The van der Waals surface area contributed by atoms with E-state index >= 15 is 0 Å². The van der Waals surface area contributed by atoms with E-state index in [1.807, 2.05) is 0 Å². The summed E-state index contributed by atoms with van der Waals surface area (Å²) in [5.41, 5.74) is -1.82. The molecule has 0 radical (unpaired) electrons. The minimum Gasteiger partial charge on any atom is -0.475 e. The van der Waals surface area contributed by atoms with Crippen molar-refractivity contribution in [2.24, 2.45) is 0 Å². The number of aliphatic hydroxyl groups excluding tert-OH is 1. The molecule has 0 heterocycles. The van der Waals surface area contributed by atoms with Crippen molar-refractivity contribution in [1.29, 1.82) is 0 Å². The Bertz CT molecular complexity index is 94.0. The van der Waals surface area contributed by atoms with Crippen molar-refractivity contribution >= 4 is 17.6 Å². The van der Waals surface area contributed by atoms with Crippen molar-refractivity contribution in [3.8, 4) is 0 Å². The molecule has 0 aliphatic rings. The summed E-state index contributed by atoms with van der Waals surface area (Å²) in [6, 6.07) is 0. The maximum atomic E-state index is 9.46. The third kappa shape index (κ3) is 4.61. The van der Waals surface area contributed by atoms with Crippen molar-refractivity contribution in [1.82, 2.24) is 0 Å². The number of carbonyl (C=O) groups is 1. The molecule has 6 heteroatoms. The van der Waals surface area contributed by atoms with Crippen molar-refractivity contribution in [2.75, 3.05) is 0 Å². The Labute approximate surface area is 71.7 Å². The normalized spacial score (nSPS) is 11.1. The second-order valence-electron chi connectivity index (χ2n) is 0.787. The minimum absolute atomic E-state index is 0. The first-order chi connectivity index (χ1) is 3.18. The van der Waals surface area contributed by atoms with Gasteiger partial charge in [0.2, 0.25) is 0 Å². The molecule has 40 valence electrons. The van der Waals surface area contributed by atoms with Gasteiger partial charge in [-0.2, -0.15) is 0 Å². The second kappa shape index (κ2) is 5.58. The quantitative estimate of drug-likeness (QED) is 0.235. The van der Waals surface area contributed by atoms with Crippen molar-refractivity contribution in [3.63, 3.8) is 0 Å². The molecule has 0 aliphatic heterocycles. The van der Waals surface area contributed by atoms with Crippen LogP contribution in [0.5, 0.6) is 0 Å². The third-order valence-corrected chi connectivity index (χ3v) is 0.686. The van der Waals surface area contributed by atoms with Crippen LogP contribution < -0.4 is 29.6 Å². The zero-order valence-electron chi connectivity index (χ0n) is 4.20. The van der Waals surface area contributed by atoms with Crippen LogP contribution in [0, 0.1) is 0 Å². The zero-order valence-corrected chi connectivity index (χ0v) is 7.01. The first-order valence-corrected chi connectivity index (χ1v) is 2.18. The van der Waals surface area contributed by atoms with E-state index in [-0.39, 0.29) is 41.2 Å². The molecule has 1 atom stereocenters. The summed E-state index contributed by atoms with van der Waals surface area (Å²) in [6.45, 7) is 0. The van der Waals surface area contributed by atoms with Crippen molar-refractivity contribution in [3.05, 3.63) is 0 Å².